The van der Waals surface area contributed by atoms with Crippen molar-refractivity contribution in [2.75, 3.05) is 0 Å². The van der Waals surface area contributed by atoms with Crippen molar-refractivity contribution in [3.05, 3.63) is 83.2 Å². The summed E-state index contributed by atoms with van der Waals surface area (Å²) >= 11 is 0. The highest BCUT2D eigenvalue weighted by atomic mass is 15.1. The fourth-order valence-corrected chi connectivity index (χ4v) is 3.95. The molecule has 0 saturated carbocycles. The van der Waals surface area contributed by atoms with Crippen LogP contribution >= 0.6 is 0 Å². The molecule has 5 nitrogen and oxygen atoms in total. The number of pyridine rings is 2. The largest absolute Gasteiger partial charge is 0.305 e. The monoisotopic (exact) mass is 435 g/mol. The Morgan fingerprint density at radius 2 is 1.52 bits per heavy atom. The first-order chi connectivity index (χ1) is 16.0. The van der Waals surface area contributed by atoms with Crippen molar-refractivity contribution in [2.45, 2.75) is 40.5 Å². The second kappa shape index (κ2) is 9.74. The summed E-state index contributed by atoms with van der Waals surface area (Å²) < 4.78 is 0. The number of aromatic nitrogens is 4. The van der Waals surface area contributed by atoms with Gasteiger partial charge in [-0.15, -0.1) is 0 Å². The van der Waals surface area contributed by atoms with Crippen LogP contribution < -0.4 is 0 Å². The standard InChI is InChI=1S/C28H29N5/c1-5-23(29)18(3)17-20-11-9-14-25(30-20)21-12-7-8-13-22(21)26-15-10-16-27(31-26)28-19(4)24(6-2)32-33-28/h7-17,29H,5-6H2,1-4H3,(H,32,33)/b18-17+,29-23?. The normalized spacial score (nSPS) is 11.6. The zero-order chi connectivity index (χ0) is 23.4. The fraction of sp³-hybridized carbons (Fsp3) is 0.214. The molecule has 33 heavy (non-hydrogen) atoms. The smallest absolute Gasteiger partial charge is 0.0890 e. The number of benzene rings is 1. The van der Waals surface area contributed by atoms with Crippen LogP contribution in [-0.4, -0.2) is 25.9 Å². The zero-order valence-corrected chi connectivity index (χ0v) is 19.6. The second-order valence-electron chi connectivity index (χ2n) is 8.08. The van der Waals surface area contributed by atoms with Crippen LogP contribution in [0, 0.1) is 12.3 Å². The Morgan fingerprint density at radius 3 is 2.15 bits per heavy atom. The fourth-order valence-electron chi connectivity index (χ4n) is 3.95. The van der Waals surface area contributed by atoms with E-state index < -0.39 is 0 Å². The maximum atomic E-state index is 8.07. The zero-order valence-electron chi connectivity index (χ0n) is 19.6. The SMILES string of the molecule is CCC(=N)/C(C)=C/c1cccc(-c2ccccc2-c2cccc(-c3[nH]nc(CC)c3C)n2)n1. The molecule has 0 bridgehead atoms. The summed E-state index contributed by atoms with van der Waals surface area (Å²) in [6, 6.07) is 20.3. The number of rotatable bonds is 7. The Morgan fingerprint density at radius 1 is 0.879 bits per heavy atom. The maximum absolute atomic E-state index is 8.07. The summed E-state index contributed by atoms with van der Waals surface area (Å²) in [5.74, 6) is 0. The summed E-state index contributed by atoms with van der Waals surface area (Å²) in [7, 11) is 0. The van der Waals surface area contributed by atoms with E-state index in [1.54, 1.807) is 0 Å². The first kappa shape index (κ1) is 22.3. The van der Waals surface area contributed by atoms with Crippen molar-refractivity contribution in [3.63, 3.8) is 0 Å². The average Bonchev–Trinajstić information content (AvgIpc) is 3.24. The molecule has 0 atom stereocenters. The van der Waals surface area contributed by atoms with Crippen LogP contribution in [0.2, 0.25) is 0 Å². The van der Waals surface area contributed by atoms with Gasteiger partial charge in [-0.1, -0.05) is 50.2 Å². The lowest BCUT2D eigenvalue weighted by Gasteiger charge is -2.11. The minimum absolute atomic E-state index is 0.629. The number of hydrogen-bond acceptors (Lipinski definition) is 4. The van der Waals surface area contributed by atoms with Gasteiger partial charge >= 0.3 is 0 Å². The predicted molar refractivity (Wildman–Crippen MR) is 136 cm³/mol. The van der Waals surface area contributed by atoms with Crippen LogP contribution in [0.1, 0.15) is 44.1 Å². The van der Waals surface area contributed by atoms with Gasteiger partial charge in [0.15, 0.2) is 0 Å². The van der Waals surface area contributed by atoms with Crippen molar-refractivity contribution in [3.8, 4) is 33.9 Å². The van der Waals surface area contributed by atoms with Gasteiger partial charge < -0.3 is 5.41 Å². The maximum Gasteiger partial charge on any atom is 0.0890 e. The first-order valence-electron chi connectivity index (χ1n) is 11.4. The molecule has 0 amide bonds. The number of nitrogens with one attached hydrogen (secondary N) is 2. The molecule has 0 aliphatic heterocycles. The number of aromatic amines is 1. The molecule has 3 aromatic heterocycles. The van der Waals surface area contributed by atoms with Gasteiger partial charge in [0.2, 0.25) is 0 Å². The van der Waals surface area contributed by atoms with Gasteiger partial charge in [-0.05, 0) is 68.2 Å². The van der Waals surface area contributed by atoms with E-state index in [-0.39, 0.29) is 0 Å². The van der Waals surface area contributed by atoms with E-state index >= 15 is 0 Å². The molecule has 0 saturated heterocycles. The molecular formula is C28H29N5. The molecule has 0 spiro atoms. The van der Waals surface area contributed by atoms with Gasteiger partial charge in [-0.3, -0.25) is 5.10 Å². The van der Waals surface area contributed by atoms with Gasteiger partial charge in [0.05, 0.1) is 34.2 Å². The molecule has 2 N–H and O–H groups in total. The van der Waals surface area contributed by atoms with Crippen molar-refractivity contribution in [2.24, 2.45) is 0 Å². The molecule has 0 fully saturated rings. The first-order valence-corrected chi connectivity index (χ1v) is 11.4. The predicted octanol–water partition coefficient (Wildman–Crippen LogP) is 6.90. The van der Waals surface area contributed by atoms with Gasteiger partial charge in [0.1, 0.15) is 0 Å². The number of nitrogens with zero attached hydrogens (tertiary/aromatic N) is 3. The molecule has 5 heteroatoms. The topological polar surface area (TPSA) is 78.3 Å². The Labute approximate surface area is 195 Å². The third-order valence-electron chi connectivity index (χ3n) is 5.89. The van der Waals surface area contributed by atoms with E-state index in [1.165, 1.54) is 0 Å². The summed E-state index contributed by atoms with van der Waals surface area (Å²) in [4.78, 5) is 9.85. The summed E-state index contributed by atoms with van der Waals surface area (Å²) in [5.41, 5.74) is 10.3. The van der Waals surface area contributed by atoms with Gasteiger partial charge in [0.25, 0.3) is 0 Å². The Hall–Kier alpha value is -3.86. The van der Waals surface area contributed by atoms with E-state index in [9.17, 15) is 0 Å². The Balaban J connectivity index is 1.76. The lowest BCUT2D eigenvalue weighted by Crippen LogP contribution is -1.96. The molecule has 166 valence electrons. The molecule has 4 aromatic rings. The van der Waals surface area contributed by atoms with Crippen LogP contribution in [0.15, 0.2) is 66.2 Å². The van der Waals surface area contributed by atoms with E-state index in [1.807, 2.05) is 68.5 Å². The number of H-pyrrole nitrogens is 1. The number of allylic oxidation sites excluding steroid dienone is 1. The van der Waals surface area contributed by atoms with Crippen LogP contribution in [0.25, 0.3) is 40.0 Å². The lowest BCUT2D eigenvalue weighted by atomic mass is 10.00. The quantitative estimate of drug-likeness (QED) is 0.310. The Kier molecular flexibility index (Phi) is 6.59. The molecule has 0 aliphatic rings. The van der Waals surface area contributed by atoms with Crippen LogP contribution in [0.3, 0.4) is 0 Å². The Bertz CT molecular complexity index is 1330. The van der Waals surface area contributed by atoms with Gasteiger partial charge in [0, 0.05) is 16.8 Å². The second-order valence-corrected chi connectivity index (χ2v) is 8.08. The molecule has 0 aliphatic carbocycles. The van der Waals surface area contributed by atoms with Crippen molar-refractivity contribution < 1.29 is 0 Å². The molecule has 4 rings (SSSR count). The highest BCUT2D eigenvalue weighted by molar-refractivity contribution is 6.00. The van der Waals surface area contributed by atoms with Crippen LogP contribution in [0.5, 0.6) is 0 Å². The highest BCUT2D eigenvalue weighted by Gasteiger charge is 2.14. The minimum atomic E-state index is 0.629. The number of aryl methyl sites for hydroxylation is 1. The van der Waals surface area contributed by atoms with Gasteiger partial charge in [-0.2, -0.15) is 5.10 Å². The molecule has 1 aromatic carbocycles. The summed E-state index contributed by atoms with van der Waals surface area (Å²) in [6.07, 6.45) is 3.57. The molecule has 0 radical (unpaired) electrons. The van der Waals surface area contributed by atoms with E-state index in [2.05, 4.69) is 36.2 Å². The molecule has 0 unspecified atom stereocenters. The number of hydrogen-bond donors (Lipinski definition) is 2. The van der Waals surface area contributed by atoms with Crippen molar-refractivity contribution >= 4 is 11.8 Å². The lowest BCUT2D eigenvalue weighted by molar-refractivity contribution is 0.969. The minimum Gasteiger partial charge on any atom is -0.305 e. The summed E-state index contributed by atoms with van der Waals surface area (Å²) in [5, 5.41) is 15.7. The van der Waals surface area contributed by atoms with Gasteiger partial charge in [-0.25, -0.2) is 9.97 Å². The summed E-state index contributed by atoms with van der Waals surface area (Å²) in [6.45, 7) is 8.15. The van der Waals surface area contributed by atoms with E-state index in [0.29, 0.717) is 12.1 Å². The third-order valence-corrected chi connectivity index (χ3v) is 5.89. The van der Waals surface area contributed by atoms with Crippen molar-refractivity contribution in [1.82, 2.24) is 20.2 Å². The third kappa shape index (κ3) is 4.67. The van der Waals surface area contributed by atoms with E-state index in [4.69, 9.17) is 15.4 Å². The van der Waals surface area contributed by atoms with Crippen LogP contribution in [0.4, 0.5) is 0 Å². The van der Waals surface area contributed by atoms with Crippen LogP contribution in [-0.2, 0) is 6.42 Å². The molecule has 3 heterocycles. The highest BCUT2D eigenvalue weighted by Crippen LogP contribution is 2.32. The van der Waals surface area contributed by atoms with E-state index in [0.717, 1.165) is 62.8 Å². The average molecular weight is 436 g/mol. The molecular weight excluding hydrogens is 406 g/mol. The van der Waals surface area contributed by atoms with Crippen molar-refractivity contribution in [1.29, 1.82) is 5.41 Å².